The number of hydrogen-bond donors (Lipinski definition) is 0. The van der Waals surface area contributed by atoms with Crippen LogP contribution < -0.4 is 0 Å². The second-order valence-corrected chi connectivity index (χ2v) is 6.95. The quantitative estimate of drug-likeness (QED) is 0.873. The summed E-state index contributed by atoms with van der Waals surface area (Å²) in [5.41, 5.74) is 1.02. The van der Waals surface area contributed by atoms with Crippen LogP contribution in [0.15, 0.2) is 35.5 Å². The van der Waals surface area contributed by atoms with Gasteiger partial charge in [-0.3, -0.25) is 4.21 Å². The zero-order valence-electron chi connectivity index (χ0n) is 10.8. The summed E-state index contributed by atoms with van der Waals surface area (Å²) >= 11 is 0. The molecule has 3 atom stereocenters. The highest BCUT2D eigenvalue weighted by atomic mass is 32.2. The molecule has 0 radical (unpaired) electrons. The molecule has 104 valence electrons. The van der Waals surface area contributed by atoms with Crippen molar-refractivity contribution in [2.24, 2.45) is 0 Å². The van der Waals surface area contributed by atoms with Crippen molar-refractivity contribution < 1.29 is 8.60 Å². The second-order valence-electron chi connectivity index (χ2n) is 5.32. The number of benzene rings is 1. The lowest BCUT2D eigenvalue weighted by Gasteiger charge is -2.11. The van der Waals surface area contributed by atoms with Crippen molar-refractivity contribution in [3.63, 3.8) is 0 Å². The van der Waals surface area contributed by atoms with Gasteiger partial charge in [0.15, 0.2) is 12.0 Å². The summed E-state index contributed by atoms with van der Waals surface area (Å²) in [4.78, 5) is 4.19. The molecular weight excluding hydrogens is 277 g/mol. The Morgan fingerprint density at radius 1 is 1.25 bits per heavy atom. The number of rotatable bonds is 3. The number of nitrogens with zero attached hydrogens (tertiary/aromatic N) is 3. The lowest BCUT2D eigenvalue weighted by Crippen LogP contribution is -2.09. The van der Waals surface area contributed by atoms with Crippen molar-refractivity contribution in [1.29, 1.82) is 0 Å². The third-order valence-corrected chi connectivity index (χ3v) is 5.44. The van der Waals surface area contributed by atoms with Crippen LogP contribution in [0.5, 0.6) is 0 Å². The van der Waals surface area contributed by atoms with Gasteiger partial charge in [0.2, 0.25) is 5.16 Å². The maximum Gasteiger partial charge on any atom is 0.239 e. The predicted molar refractivity (Wildman–Crippen MR) is 72.5 cm³/mol. The highest BCUT2D eigenvalue weighted by molar-refractivity contribution is 7.85. The summed E-state index contributed by atoms with van der Waals surface area (Å²) in [5.74, 6) is 0.322. The Morgan fingerprint density at radius 2 is 2.00 bits per heavy atom. The van der Waals surface area contributed by atoms with E-state index in [4.69, 9.17) is 0 Å². The van der Waals surface area contributed by atoms with Gasteiger partial charge in [-0.1, -0.05) is 30.3 Å². The third-order valence-electron chi connectivity index (χ3n) is 3.84. The van der Waals surface area contributed by atoms with E-state index < -0.39 is 17.0 Å². The molecule has 2 aromatic rings. The van der Waals surface area contributed by atoms with E-state index in [1.54, 1.807) is 4.68 Å². The summed E-state index contributed by atoms with van der Waals surface area (Å²) in [6, 6.07) is 9.58. The first-order chi connectivity index (χ1) is 9.74. The Morgan fingerprint density at radius 3 is 2.70 bits per heavy atom. The largest absolute Gasteiger partial charge is 0.251 e. The van der Waals surface area contributed by atoms with Crippen LogP contribution in [0.2, 0.25) is 0 Å². The van der Waals surface area contributed by atoms with Gasteiger partial charge in [-0.05, 0) is 18.4 Å². The van der Waals surface area contributed by atoms with Crippen LogP contribution in [0, 0.1) is 0 Å². The lowest BCUT2D eigenvalue weighted by atomic mass is 10.0. The Bertz CT molecular complexity index is 668. The molecule has 2 heterocycles. The molecule has 1 unspecified atom stereocenters. The number of fused-ring (bicyclic) bond motifs is 1. The Hall–Kier alpha value is -1.56. The molecule has 0 amide bonds. The summed E-state index contributed by atoms with van der Waals surface area (Å²) < 4.78 is 27.9. The molecule has 0 bridgehead atoms. The van der Waals surface area contributed by atoms with Crippen LogP contribution >= 0.6 is 0 Å². The van der Waals surface area contributed by atoms with E-state index in [9.17, 15) is 8.60 Å². The number of halogens is 1. The SMILES string of the molecule is O=S(c1nc2n(n1)[C@H](c1ccccc1)C[C@@H]2F)C1CC1. The zero-order chi connectivity index (χ0) is 13.7. The van der Waals surface area contributed by atoms with Crippen molar-refractivity contribution in [3.05, 3.63) is 41.7 Å². The predicted octanol–water partition coefficient (Wildman–Crippen LogP) is 2.55. The van der Waals surface area contributed by atoms with Gasteiger partial charge in [0.05, 0.1) is 16.8 Å². The fourth-order valence-electron chi connectivity index (χ4n) is 2.63. The Kier molecular flexibility index (Phi) is 2.73. The maximum atomic E-state index is 14.1. The summed E-state index contributed by atoms with van der Waals surface area (Å²) in [5, 5.41) is 4.80. The zero-order valence-corrected chi connectivity index (χ0v) is 11.6. The van der Waals surface area contributed by atoms with Gasteiger partial charge in [-0.2, -0.15) is 0 Å². The monoisotopic (exact) mass is 291 g/mol. The van der Waals surface area contributed by atoms with E-state index in [0.29, 0.717) is 17.4 Å². The minimum Gasteiger partial charge on any atom is -0.251 e. The lowest BCUT2D eigenvalue weighted by molar-refractivity contribution is 0.327. The van der Waals surface area contributed by atoms with E-state index in [1.807, 2.05) is 30.3 Å². The Labute approximate surface area is 118 Å². The summed E-state index contributed by atoms with van der Waals surface area (Å²) in [6.45, 7) is 0. The molecular formula is C14H14FN3OS. The van der Waals surface area contributed by atoms with E-state index in [2.05, 4.69) is 10.1 Å². The molecule has 1 fully saturated rings. The normalized spacial score (nSPS) is 26.4. The number of aromatic nitrogens is 3. The van der Waals surface area contributed by atoms with Gasteiger partial charge in [0, 0.05) is 11.7 Å². The molecule has 2 aliphatic rings. The van der Waals surface area contributed by atoms with Gasteiger partial charge >= 0.3 is 0 Å². The second kappa shape index (κ2) is 4.48. The minimum absolute atomic E-state index is 0.140. The van der Waals surface area contributed by atoms with Gasteiger partial charge in [-0.15, -0.1) is 5.10 Å². The Balaban J connectivity index is 1.72. The molecule has 1 aromatic carbocycles. The molecule has 0 saturated heterocycles. The topological polar surface area (TPSA) is 47.8 Å². The average Bonchev–Trinajstić information content (AvgIpc) is 3.15. The van der Waals surface area contributed by atoms with Gasteiger partial charge in [0.1, 0.15) is 0 Å². The van der Waals surface area contributed by atoms with Gasteiger partial charge < -0.3 is 0 Å². The molecule has 0 spiro atoms. The highest BCUT2D eigenvalue weighted by Gasteiger charge is 2.38. The molecule has 4 rings (SSSR count). The minimum atomic E-state index is -1.18. The summed E-state index contributed by atoms with van der Waals surface area (Å²) in [7, 11) is -1.18. The van der Waals surface area contributed by atoms with E-state index in [-0.39, 0.29) is 11.3 Å². The van der Waals surface area contributed by atoms with Crippen molar-refractivity contribution in [3.8, 4) is 0 Å². The standard InChI is InChI=1S/C14H14FN3OS/c15-11-8-12(9-4-2-1-3-5-9)18-13(11)16-14(17-18)20(19)10-6-7-10/h1-5,10-12H,6-8H2/t11-,12-,20?/m0/s1. The van der Waals surface area contributed by atoms with Crippen LogP contribution in [0.4, 0.5) is 4.39 Å². The fourth-order valence-corrected chi connectivity index (χ4v) is 3.84. The molecule has 20 heavy (non-hydrogen) atoms. The van der Waals surface area contributed by atoms with Crippen LogP contribution in [0.3, 0.4) is 0 Å². The third kappa shape index (κ3) is 1.90. The van der Waals surface area contributed by atoms with E-state index in [1.165, 1.54) is 0 Å². The van der Waals surface area contributed by atoms with Crippen molar-refractivity contribution in [2.75, 3.05) is 0 Å². The van der Waals surface area contributed by atoms with E-state index >= 15 is 0 Å². The first-order valence-electron chi connectivity index (χ1n) is 6.80. The van der Waals surface area contributed by atoms with Gasteiger partial charge in [-0.25, -0.2) is 14.1 Å². The number of hydrogen-bond acceptors (Lipinski definition) is 3. The van der Waals surface area contributed by atoms with E-state index in [0.717, 1.165) is 18.4 Å². The van der Waals surface area contributed by atoms with Crippen LogP contribution in [0.1, 0.15) is 42.9 Å². The molecule has 1 aromatic heterocycles. The number of alkyl halides is 1. The smallest absolute Gasteiger partial charge is 0.239 e. The van der Waals surface area contributed by atoms with Crippen LogP contribution in [-0.4, -0.2) is 24.2 Å². The molecule has 1 aliphatic carbocycles. The van der Waals surface area contributed by atoms with Crippen LogP contribution in [-0.2, 0) is 10.8 Å². The highest BCUT2D eigenvalue weighted by Crippen LogP contribution is 2.40. The summed E-state index contributed by atoms with van der Waals surface area (Å²) in [6.07, 6.45) is 1.14. The molecule has 6 heteroatoms. The molecule has 1 aliphatic heterocycles. The molecule has 1 saturated carbocycles. The molecule has 4 nitrogen and oxygen atoms in total. The van der Waals surface area contributed by atoms with Gasteiger partial charge in [0.25, 0.3) is 0 Å². The first-order valence-corrected chi connectivity index (χ1v) is 8.01. The van der Waals surface area contributed by atoms with Crippen molar-refractivity contribution >= 4 is 10.8 Å². The fraction of sp³-hybridized carbons (Fsp3) is 0.429. The average molecular weight is 291 g/mol. The maximum absolute atomic E-state index is 14.1. The first kappa shape index (κ1) is 12.2. The molecule has 0 N–H and O–H groups in total. The van der Waals surface area contributed by atoms with Crippen molar-refractivity contribution in [2.45, 2.75) is 41.9 Å². The van der Waals surface area contributed by atoms with Crippen LogP contribution in [0.25, 0.3) is 0 Å². The van der Waals surface area contributed by atoms with Crippen molar-refractivity contribution in [1.82, 2.24) is 14.8 Å².